The first-order valence-corrected chi connectivity index (χ1v) is 21.6. The highest BCUT2D eigenvalue weighted by atomic mass is 16.8. The van der Waals surface area contributed by atoms with Gasteiger partial charge in [0.1, 0.15) is 80.4 Å². The third-order valence-electron chi connectivity index (χ3n) is 11.3. The predicted molar refractivity (Wildman–Crippen MR) is 220 cm³/mol. The van der Waals surface area contributed by atoms with Gasteiger partial charge in [-0.15, -0.1) is 0 Å². The molecule has 4 aliphatic heterocycles. The summed E-state index contributed by atoms with van der Waals surface area (Å²) < 4.78 is 115. The molecule has 0 aromatic carbocycles. The van der Waals surface area contributed by atoms with Gasteiger partial charge in [0.25, 0.3) is 0 Å². The Labute approximate surface area is 402 Å². The van der Waals surface area contributed by atoms with Crippen molar-refractivity contribution in [2.45, 2.75) is 157 Å². The lowest BCUT2D eigenvalue weighted by atomic mass is 9.94. The van der Waals surface area contributed by atoms with Crippen LogP contribution in [-0.2, 0) is 128 Å². The largest absolute Gasteiger partial charge is 0.467 e. The molecule has 0 bridgehead atoms. The van der Waals surface area contributed by atoms with E-state index < -0.39 is 178 Å². The first-order chi connectivity index (χ1) is 33.2. The van der Waals surface area contributed by atoms with Crippen LogP contribution in [0.15, 0.2) is 0 Å². The van der Waals surface area contributed by atoms with Crippen LogP contribution < -0.4 is 0 Å². The molecule has 0 radical (unpaired) electrons. The zero-order valence-electron chi connectivity index (χ0n) is 40.9. The highest BCUT2D eigenvalue weighted by Crippen LogP contribution is 2.39. The standard InChI is InChI=1S/C42H64O28/c1-16(43)59-14-21-24(28(52-7)35(62-19(4)46)39(58-13)64-21)66-41-34(55-10)29(53-8)31(32(70-41)38(50)57-12)69-42-36(63-20(5)47)30(61-18(3)45)25(22(65-42)15-60-17(2)44)67-40-33(54-9)26(51-6)23(48)27(68-40)37(49)56-11/h21-36,39-42,48H,14-15H2,1-13H3/t21?,22-,23-,24+,25-,26+,27?,28+,29?,30?,31+,32-,33?,34?,35?,36?,39-,40-,41+,42-/m1/s1. The molecule has 400 valence electrons. The zero-order valence-corrected chi connectivity index (χ0v) is 40.9. The van der Waals surface area contributed by atoms with Crippen molar-refractivity contribution in [3.63, 3.8) is 0 Å². The van der Waals surface area contributed by atoms with E-state index in [9.17, 15) is 38.7 Å². The molecule has 0 amide bonds. The summed E-state index contributed by atoms with van der Waals surface area (Å²) in [6, 6.07) is 0. The molecule has 0 aromatic heterocycles. The van der Waals surface area contributed by atoms with Crippen LogP contribution in [0.25, 0.3) is 0 Å². The molecule has 28 heteroatoms. The van der Waals surface area contributed by atoms with Crippen molar-refractivity contribution in [1.29, 1.82) is 0 Å². The topological polar surface area (TPSA) is 324 Å². The predicted octanol–water partition coefficient (Wildman–Crippen LogP) is -2.61. The summed E-state index contributed by atoms with van der Waals surface area (Å²) in [5.41, 5.74) is 0. The van der Waals surface area contributed by atoms with Gasteiger partial charge in [-0.3, -0.25) is 24.0 Å². The maximum atomic E-state index is 13.8. The number of carbonyl (C=O) groups is 7. The normalized spacial score (nSPS) is 37.5. The summed E-state index contributed by atoms with van der Waals surface area (Å²) in [7, 11) is 9.54. The van der Waals surface area contributed by atoms with Crippen LogP contribution in [0, 0.1) is 0 Å². The van der Waals surface area contributed by atoms with E-state index in [-0.39, 0.29) is 0 Å². The van der Waals surface area contributed by atoms with E-state index in [1.165, 1.54) is 42.7 Å². The van der Waals surface area contributed by atoms with E-state index >= 15 is 0 Å². The van der Waals surface area contributed by atoms with Crippen LogP contribution in [0.2, 0.25) is 0 Å². The van der Waals surface area contributed by atoms with Crippen LogP contribution in [0.4, 0.5) is 0 Å². The minimum atomic E-state index is -1.91. The number of rotatable bonds is 21. The van der Waals surface area contributed by atoms with Crippen molar-refractivity contribution in [1.82, 2.24) is 0 Å². The second-order valence-electron chi connectivity index (χ2n) is 15.8. The molecule has 4 saturated heterocycles. The monoisotopic (exact) mass is 1020 g/mol. The molecule has 0 spiro atoms. The van der Waals surface area contributed by atoms with Gasteiger partial charge in [0, 0.05) is 77.3 Å². The molecule has 20 atom stereocenters. The first-order valence-electron chi connectivity index (χ1n) is 21.6. The number of hydrogen-bond donors (Lipinski definition) is 1. The van der Waals surface area contributed by atoms with Crippen molar-refractivity contribution in [2.75, 3.05) is 70.1 Å². The van der Waals surface area contributed by atoms with E-state index in [4.69, 9.17) is 94.7 Å². The second-order valence-corrected chi connectivity index (χ2v) is 15.8. The number of esters is 7. The average Bonchev–Trinajstić information content (AvgIpc) is 3.31. The van der Waals surface area contributed by atoms with Crippen LogP contribution in [0.5, 0.6) is 0 Å². The lowest BCUT2D eigenvalue weighted by Gasteiger charge is -2.51. The van der Waals surface area contributed by atoms with Crippen LogP contribution in [0.1, 0.15) is 34.6 Å². The molecule has 0 aromatic rings. The van der Waals surface area contributed by atoms with Gasteiger partial charge in [0.2, 0.25) is 0 Å². The molecule has 4 rings (SSSR count). The van der Waals surface area contributed by atoms with E-state index in [0.29, 0.717) is 0 Å². The van der Waals surface area contributed by atoms with Crippen molar-refractivity contribution in [3.05, 3.63) is 0 Å². The van der Waals surface area contributed by atoms with Gasteiger partial charge >= 0.3 is 41.8 Å². The van der Waals surface area contributed by atoms with Crippen LogP contribution >= 0.6 is 0 Å². The fourth-order valence-electron chi connectivity index (χ4n) is 8.40. The van der Waals surface area contributed by atoms with Gasteiger partial charge in [0.15, 0.2) is 55.7 Å². The summed E-state index contributed by atoms with van der Waals surface area (Å²) in [5.74, 6) is -6.28. The molecule has 4 fully saturated rings. The van der Waals surface area contributed by atoms with Gasteiger partial charge in [-0.25, -0.2) is 9.59 Å². The highest BCUT2D eigenvalue weighted by molar-refractivity contribution is 5.76. The van der Waals surface area contributed by atoms with E-state index in [1.54, 1.807) is 0 Å². The number of methoxy groups -OCH3 is 8. The Bertz CT molecular complexity index is 1760. The molecule has 4 heterocycles. The molecule has 0 aliphatic carbocycles. The molecule has 0 saturated carbocycles. The Morgan fingerprint density at radius 2 is 0.729 bits per heavy atom. The fourth-order valence-corrected chi connectivity index (χ4v) is 8.40. The maximum Gasteiger partial charge on any atom is 0.337 e. The highest BCUT2D eigenvalue weighted by Gasteiger charge is 2.60. The summed E-state index contributed by atoms with van der Waals surface area (Å²) in [6.45, 7) is 4.31. The Kier molecular flexibility index (Phi) is 22.5. The summed E-state index contributed by atoms with van der Waals surface area (Å²) in [6.07, 6.45) is -30.6. The second kappa shape index (κ2) is 27.0. The fraction of sp³-hybridized carbons (Fsp3) is 0.833. The third-order valence-corrected chi connectivity index (χ3v) is 11.3. The van der Waals surface area contributed by atoms with E-state index in [1.807, 2.05) is 0 Å². The summed E-state index contributed by atoms with van der Waals surface area (Å²) in [4.78, 5) is 89.0. The molecular weight excluding hydrogens is 952 g/mol. The van der Waals surface area contributed by atoms with Gasteiger partial charge < -0.3 is 99.8 Å². The summed E-state index contributed by atoms with van der Waals surface area (Å²) >= 11 is 0. The van der Waals surface area contributed by atoms with Crippen molar-refractivity contribution < 1.29 is 133 Å². The first kappa shape index (κ1) is 58.3. The summed E-state index contributed by atoms with van der Waals surface area (Å²) in [5, 5.41) is 11.0. The third kappa shape index (κ3) is 14.0. The number of aliphatic hydroxyl groups is 1. The molecular formula is C42H64O28. The minimum Gasteiger partial charge on any atom is -0.467 e. The van der Waals surface area contributed by atoms with Gasteiger partial charge in [0.05, 0.1) is 14.2 Å². The van der Waals surface area contributed by atoms with Crippen molar-refractivity contribution in [3.8, 4) is 0 Å². The van der Waals surface area contributed by atoms with Crippen molar-refractivity contribution >= 4 is 41.8 Å². The number of ether oxygens (including phenoxy) is 20. The number of aliphatic hydroxyl groups excluding tert-OH is 1. The average molecular weight is 1020 g/mol. The van der Waals surface area contributed by atoms with Gasteiger partial charge in [-0.1, -0.05) is 0 Å². The lowest BCUT2D eigenvalue weighted by molar-refractivity contribution is -0.387. The molecule has 70 heavy (non-hydrogen) atoms. The van der Waals surface area contributed by atoms with E-state index in [2.05, 4.69) is 0 Å². The van der Waals surface area contributed by atoms with E-state index in [0.717, 1.165) is 48.8 Å². The smallest absolute Gasteiger partial charge is 0.337 e. The van der Waals surface area contributed by atoms with Crippen LogP contribution in [-0.4, -0.2) is 240 Å². The molecule has 28 nitrogen and oxygen atoms in total. The van der Waals surface area contributed by atoms with Crippen LogP contribution in [0.3, 0.4) is 0 Å². The van der Waals surface area contributed by atoms with Crippen molar-refractivity contribution in [2.24, 2.45) is 0 Å². The van der Waals surface area contributed by atoms with Gasteiger partial charge in [-0.05, 0) is 0 Å². The number of hydrogen-bond acceptors (Lipinski definition) is 28. The SMILES string of the molecule is COC(=O)C1O[C@@H](O[C@H]2C(OC(C)=O)C(OC(C)=O)[C@@H](O[C@H]3C(OC)C(OC)[C@@H](O[C@H]4C(COC(C)=O)O[C@@H](OC)C(OC(C)=O)[C@H]4OC)O[C@H]3C(=O)OC)O[C@@H]2COC(C)=O)C(OC)[C@@H](OC)[C@H]1O. The molecule has 8 unspecified atom stereocenters. The Hall–Kier alpha value is -4.27. The Morgan fingerprint density at radius 3 is 1.16 bits per heavy atom. The maximum absolute atomic E-state index is 13.8. The molecule has 4 aliphatic rings. The zero-order chi connectivity index (χ0) is 52.1. The number of carbonyl (C=O) groups excluding carboxylic acids is 7. The quantitative estimate of drug-likeness (QED) is 0.0909. The Morgan fingerprint density at radius 1 is 0.371 bits per heavy atom. The van der Waals surface area contributed by atoms with Gasteiger partial charge in [-0.2, -0.15) is 0 Å². The molecule has 1 N–H and O–H groups in total. The minimum absolute atomic E-state index is 0.435. The lowest BCUT2D eigenvalue weighted by Crippen LogP contribution is -2.69. The Balaban J connectivity index is 1.81.